The van der Waals surface area contributed by atoms with Crippen molar-refractivity contribution in [3.8, 4) is 11.5 Å². The number of thioether (sulfide) groups is 1. The third-order valence-corrected chi connectivity index (χ3v) is 6.76. The van der Waals surface area contributed by atoms with Crippen LogP contribution in [-0.4, -0.2) is 37.5 Å². The first-order valence-electron chi connectivity index (χ1n) is 11.3. The molecule has 4 aromatic rings. The van der Waals surface area contributed by atoms with E-state index < -0.39 is 0 Å². The summed E-state index contributed by atoms with van der Waals surface area (Å²) < 4.78 is 11.0. The van der Waals surface area contributed by atoms with Gasteiger partial charge < -0.3 is 20.1 Å². The highest BCUT2D eigenvalue weighted by molar-refractivity contribution is 8.00. The lowest BCUT2D eigenvalue weighted by atomic mass is 10.0. The minimum absolute atomic E-state index is 0.131. The third kappa shape index (κ3) is 5.87. The third-order valence-electron chi connectivity index (χ3n) is 5.83. The Balaban J connectivity index is 1.28. The summed E-state index contributed by atoms with van der Waals surface area (Å²) in [6.45, 7) is 0.716. The van der Waals surface area contributed by atoms with Gasteiger partial charge in [-0.3, -0.25) is 9.59 Å². The molecule has 2 amide bonds. The maximum absolute atomic E-state index is 12.4. The van der Waals surface area contributed by atoms with Gasteiger partial charge in [-0.1, -0.05) is 60.7 Å². The van der Waals surface area contributed by atoms with Crippen molar-refractivity contribution in [1.82, 2.24) is 10.6 Å². The minimum atomic E-state index is -0.131. The molecular weight excluding hydrogens is 460 g/mol. The summed E-state index contributed by atoms with van der Waals surface area (Å²) in [4.78, 5) is 24.8. The van der Waals surface area contributed by atoms with E-state index in [-0.39, 0.29) is 23.3 Å². The van der Waals surface area contributed by atoms with E-state index in [1.54, 1.807) is 14.2 Å². The van der Waals surface area contributed by atoms with E-state index in [1.807, 2.05) is 72.8 Å². The molecular formula is C28H28N2O4S. The molecule has 0 unspecified atom stereocenters. The molecule has 6 nitrogen and oxygen atoms in total. The number of benzene rings is 4. The molecule has 35 heavy (non-hydrogen) atoms. The van der Waals surface area contributed by atoms with E-state index in [0.29, 0.717) is 13.1 Å². The zero-order valence-corrected chi connectivity index (χ0v) is 20.6. The van der Waals surface area contributed by atoms with Gasteiger partial charge in [0.1, 0.15) is 11.5 Å². The van der Waals surface area contributed by atoms with Gasteiger partial charge in [-0.2, -0.15) is 0 Å². The predicted octanol–water partition coefficient (Wildman–Crippen LogP) is 4.68. The summed E-state index contributed by atoms with van der Waals surface area (Å²) in [5.41, 5.74) is 1.87. The van der Waals surface area contributed by atoms with E-state index in [9.17, 15) is 9.59 Å². The van der Waals surface area contributed by atoms with Crippen LogP contribution in [0, 0.1) is 0 Å². The van der Waals surface area contributed by atoms with Crippen LogP contribution >= 0.6 is 11.8 Å². The second-order valence-corrected chi connectivity index (χ2v) is 8.97. The summed E-state index contributed by atoms with van der Waals surface area (Å²) in [5.74, 6) is 1.60. The van der Waals surface area contributed by atoms with E-state index in [4.69, 9.17) is 9.47 Å². The Hall–Kier alpha value is -3.71. The summed E-state index contributed by atoms with van der Waals surface area (Å²) in [6.07, 6.45) is 0. The van der Waals surface area contributed by atoms with Gasteiger partial charge in [0.25, 0.3) is 0 Å². The van der Waals surface area contributed by atoms with Crippen LogP contribution in [0.3, 0.4) is 0 Å². The van der Waals surface area contributed by atoms with Gasteiger partial charge >= 0.3 is 0 Å². The second kappa shape index (κ2) is 11.6. The molecule has 180 valence electrons. The Morgan fingerprint density at radius 2 is 1.09 bits per heavy atom. The number of hydrogen-bond acceptors (Lipinski definition) is 5. The molecule has 0 fully saturated rings. The molecule has 0 aliphatic carbocycles. The lowest BCUT2D eigenvalue weighted by Gasteiger charge is -2.14. The zero-order valence-electron chi connectivity index (χ0n) is 19.8. The smallest absolute Gasteiger partial charge is 0.230 e. The first-order chi connectivity index (χ1) is 17.1. The number of nitrogens with one attached hydrogen (secondary N) is 2. The quantitative estimate of drug-likeness (QED) is 0.339. The Bertz CT molecular complexity index is 1250. The van der Waals surface area contributed by atoms with Crippen molar-refractivity contribution in [2.45, 2.75) is 13.1 Å². The maximum atomic E-state index is 12.4. The van der Waals surface area contributed by atoms with Crippen molar-refractivity contribution in [2.75, 3.05) is 25.7 Å². The van der Waals surface area contributed by atoms with Crippen LogP contribution in [0.2, 0.25) is 0 Å². The monoisotopic (exact) mass is 488 g/mol. The molecule has 0 spiro atoms. The molecule has 0 atom stereocenters. The number of carbonyl (C=O) groups excluding carboxylic acids is 2. The molecule has 0 aliphatic rings. The van der Waals surface area contributed by atoms with Crippen molar-refractivity contribution >= 4 is 45.1 Å². The summed E-state index contributed by atoms with van der Waals surface area (Å²) in [7, 11) is 3.25. The van der Waals surface area contributed by atoms with E-state index in [0.717, 1.165) is 44.2 Å². The number of fused-ring (bicyclic) bond motifs is 2. The van der Waals surface area contributed by atoms with Crippen LogP contribution in [0.15, 0.2) is 72.8 Å². The highest BCUT2D eigenvalue weighted by Gasteiger charge is 2.12. The Labute approximate surface area is 209 Å². The predicted molar refractivity (Wildman–Crippen MR) is 142 cm³/mol. The van der Waals surface area contributed by atoms with E-state index in [2.05, 4.69) is 10.6 Å². The highest BCUT2D eigenvalue weighted by atomic mass is 32.2. The molecule has 0 aromatic heterocycles. The fourth-order valence-corrected chi connectivity index (χ4v) is 4.77. The number of ether oxygens (including phenoxy) is 2. The normalized spacial score (nSPS) is 10.8. The average molecular weight is 489 g/mol. The topological polar surface area (TPSA) is 76.7 Å². The molecule has 0 aliphatic heterocycles. The van der Waals surface area contributed by atoms with Gasteiger partial charge in [0, 0.05) is 24.2 Å². The molecule has 4 rings (SSSR count). The number of carbonyl (C=O) groups is 2. The van der Waals surface area contributed by atoms with Gasteiger partial charge in [0.15, 0.2) is 0 Å². The Morgan fingerprint density at radius 1 is 0.657 bits per heavy atom. The van der Waals surface area contributed by atoms with Crippen LogP contribution < -0.4 is 20.1 Å². The van der Waals surface area contributed by atoms with E-state index in [1.165, 1.54) is 11.8 Å². The highest BCUT2D eigenvalue weighted by Crippen LogP contribution is 2.29. The Kier molecular flexibility index (Phi) is 8.11. The molecule has 7 heteroatoms. The van der Waals surface area contributed by atoms with Crippen molar-refractivity contribution in [1.29, 1.82) is 0 Å². The van der Waals surface area contributed by atoms with Gasteiger partial charge in [-0.05, 0) is 33.7 Å². The van der Waals surface area contributed by atoms with Gasteiger partial charge in [0.2, 0.25) is 11.8 Å². The maximum Gasteiger partial charge on any atom is 0.230 e. The van der Waals surface area contributed by atoms with Gasteiger partial charge in [0.05, 0.1) is 25.7 Å². The molecule has 0 heterocycles. The van der Waals surface area contributed by atoms with Crippen LogP contribution in [0.25, 0.3) is 21.5 Å². The van der Waals surface area contributed by atoms with Crippen LogP contribution in [-0.2, 0) is 22.7 Å². The van der Waals surface area contributed by atoms with Gasteiger partial charge in [-0.15, -0.1) is 11.8 Å². The van der Waals surface area contributed by atoms with Crippen molar-refractivity contribution in [3.63, 3.8) is 0 Å². The summed E-state index contributed by atoms with van der Waals surface area (Å²) >= 11 is 1.28. The Morgan fingerprint density at radius 3 is 1.51 bits per heavy atom. The van der Waals surface area contributed by atoms with Gasteiger partial charge in [-0.25, -0.2) is 0 Å². The fourth-order valence-electron chi connectivity index (χ4n) is 4.09. The van der Waals surface area contributed by atoms with E-state index >= 15 is 0 Å². The average Bonchev–Trinajstić information content (AvgIpc) is 2.90. The molecule has 0 radical (unpaired) electrons. The molecule has 2 N–H and O–H groups in total. The number of amides is 2. The van der Waals surface area contributed by atoms with Crippen LogP contribution in [0.1, 0.15) is 11.1 Å². The summed E-state index contributed by atoms with van der Waals surface area (Å²) in [6, 6.07) is 23.8. The van der Waals surface area contributed by atoms with Crippen LogP contribution in [0.5, 0.6) is 11.5 Å². The minimum Gasteiger partial charge on any atom is -0.496 e. The lowest BCUT2D eigenvalue weighted by Crippen LogP contribution is -2.28. The standard InChI is InChI=1S/C28H28N2O4S/c1-33-25-13-11-19-7-3-5-9-21(19)23(25)15-29-27(31)17-35-18-28(32)30-16-24-22-10-6-4-8-20(22)12-14-26(24)34-2/h3-14H,15-18H2,1-2H3,(H,29,31)(H,30,32). The first kappa shape index (κ1) is 24.4. The summed E-state index contributed by atoms with van der Waals surface area (Å²) in [5, 5.41) is 10.2. The van der Waals surface area contributed by atoms with Crippen molar-refractivity contribution in [3.05, 3.63) is 83.9 Å². The lowest BCUT2D eigenvalue weighted by molar-refractivity contribution is -0.119. The first-order valence-corrected chi connectivity index (χ1v) is 12.5. The molecule has 4 aromatic carbocycles. The zero-order chi connectivity index (χ0) is 24.6. The molecule has 0 saturated carbocycles. The second-order valence-electron chi connectivity index (χ2n) is 7.98. The largest absolute Gasteiger partial charge is 0.496 e. The molecule has 0 saturated heterocycles. The van der Waals surface area contributed by atoms with Crippen molar-refractivity contribution in [2.24, 2.45) is 0 Å². The van der Waals surface area contributed by atoms with Crippen molar-refractivity contribution < 1.29 is 19.1 Å². The fraction of sp³-hybridized carbons (Fsp3) is 0.214. The van der Waals surface area contributed by atoms with Crippen LogP contribution in [0.4, 0.5) is 0 Å². The number of methoxy groups -OCH3 is 2. The molecule has 0 bridgehead atoms. The SMILES string of the molecule is COc1ccc2ccccc2c1CNC(=O)CSCC(=O)NCc1c(OC)ccc2ccccc12. The number of hydrogen-bond donors (Lipinski definition) is 2. The number of rotatable bonds is 10.